The summed E-state index contributed by atoms with van der Waals surface area (Å²) in [6, 6.07) is 8.90. The molecule has 0 bridgehead atoms. The lowest BCUT2D eigenvalue weighted by Crippen LogP contribution is -2.45. The van der Waals surface area contributed by atoms with Crippen molar-refractivity contribution in [2.24, 2.45) is 16.8 Å². The molecule has 2 fully saturated rings. The van der Waals surface area contributed by atoms with E-state index in [1.54, 1.807) is 0 Å². The van der Waals surface area contributed by atoms with Crippen LogP contribution in [0.15, 0.2) is 29.3 Å². The van der Waals surface area contributed by atoms with Crippen LogP contribution >= 0.6 is 24.0 Å². The average Bonchev–Trinajstić information content (AvgIpc) is 3.12. The van der Waals surface area contributed by atoms with Gasteiger partial charge in [0, 0.05) is 32.1 Å². The molecule has 3 rings (SSSR count). The first-order valence-electron chi connectivity index (χ1n) is 11.5. The van der Waals surface area contributed by atoms with Gasteiger partial charge in [0.25, 0.3) is 0 Å². The highest BCUT2D eigenvalue weighted by Gasteiger charge is 2.24. The Kier molecular flexibility index (Phi) is 10.4. The molecule has 2 aliphatic rings. The summed E-state index contributed by atoms with van der Waals surface area (Å²) >= 11 is 0. The third-order valence-electron chi connectivity index (χ3n) is 6.46. The normalized spacial score (nSPS) is 22.2. The van der Waals surface area contributed by atoms with E-state index in [9.17, 15) is 4.79 Å². The number of guanidine groups is 1. The monoisotopic (exact) mass is 526 g/mol. The Labute approximate surface area is 199 Å². The topological polar surface area (TPSA) is 56.7 Å². The summed E-state index contributed by atoms with van der Waals surface area (Å²) in [4.78, 5) is 18.9. The van der Waals surface area contributed by atoms with Crippen molar-refractivity contribution in [2.75, 3.05) is 13.1 Å². The van der Waals surface area contributed by atoms with E-state index in [0.717, 1.165) is 37.3 Å². The molecule has 0 aromatic heterocycles. The molecule has 1 saturated heterocycles. The molecule has 1 aromatic rings. The first-order chi connectivity index (χ1) is 14.1. The predicted molar refractivity (Wildman–Crippen MR) is 135 cm³/mol. The quantitative estimate of drug-likeness (QED) is 0.308. The SMILES string of the molecule is CCNC(=NCc1ccccc1CN1CCCC1=O)NC1CCC(C(C)C)CC1.I. The number of nitrogens with zero attached hydrogens (tertiary/aromatic N) is 2. The largest absolute Gasteiger partial charge is 0.357 e. The number of rotatable bonds is 7. The predicted octanol–water partition coefficient (Wildman–Crippen LogP) is 4.70. The smallest absolute Gasteiger partial charge is 0.222 e. The fourth-order valence-electron chi connectivity index (χ4n) is 4.55. The molecule has 1 saturated carbocycles. The number of benzene rings is 1. The van der Waals surface area contributed by atoms with Crippen LogP contribution in [0.4, 0.5) is 0 Å². The van der Waals surface area contributed by atoms with Gasteiger partial charge in [-0.2, -0.15) is 0 Å². The molecule has 0 spiro atoms. The molecule has 6 heteroatoms. The van der Waals surface area contributed by atoms with E-state index >= 15 is 0 Å². The summed E-state index contributed by atoms with van der Waals surface area (Å²) in [5.74, 6) is 2.84. The second-order valence-electron chi connectivity index (χ2n) is 8.88. The minimum Gasteiger partial charge on any atom is -0.357 e. The van der Waals surface area contributed by atoms with Gasteiger partial charge in [-0.15, -0.1) is 24.0 Å². The van der Waals surface area contributed by atoms with Gasteiger partial charge in [-0.25, -0.2) is 4.99 Å². The van der Waals surface area contributed by atoms with E-state index in [4.69, 9.17) is 4.99 Å². The van der Waals surface area contributed by atoms with Crippen LogP contribution in [0.2, 0.25) is 0 Å². The summed E-state index contributed by atoms with van der Waals surface area (Å²) in [5, 5.41) is 7.07. The first kappa shape index (κ1) is 25.0. The van der Waals surface area contributed by atoms with Gasteiger partial charge >= 0.3 is 0 Å². The molecule has 1 heterocycles. The van der Waals surface area contributed by atoms with E-state index in [2.05, 4.69) is 55.7 Å². The number of aliphatic imine (C=N–C) groups is 1. The lowest BCUT2D eigenvalue weighted by molar-refractivity contribution is -0.128. The van der Waals surface area contributed by atoms with Crippen molar-refractivity contribution >= 4 is 35.8 Å². The van der Waals surface area contributed by atoms with E-state index < -0.39 is 0 Å². The summed E-state index contributed by atoms with van der Waals surface area (Å²) in [5.41, 5.74) is 2.41. The fraction of sp³-hybridized carbons (Fsp3) is 0.667. The first-order valence-corrected chi connectivity index (χ1v) is 11.5. The van der Waals surface area contributed by atoms with Crippen molar-refractivity contribution in [1.82, 2.24) is 15.5 Å². The van der Waals surface area contributed by atoms with Crippen LogP contribution in [0.25, 0.3) is 0 Å². The van der Waals surface area contributed by atoms with Crippen LogP contribution in [0.1, 0.15) is 70.4 Å². The summed E-state index contributed by atoms with van der Waals surface area (Å²) < 4.78 is 0. The van der Waals surface area contributed by atoms with Crippen molar-refractivity contribution < 1.29 is 4.79 Å². The highest BCUT2D eigenvalue weighted by Crippen LogP contribution is 2.29. The molecule has 0 atom stereocenters. The van der Waals surface area contributed by atoms with Gasteiger partial charge in [-0.05, 0) is 62.0 Å². The van der Waals surface area contributed by atoms with Crippen LogP contribution < -0.4 is 10.6 Å². The third-order valence-corrected chi connectivity index (χ3v) is 6.46. The molecule has 30 heavy (non-hydrogen) atoms. The molecular formula is C24H39IN4O. The van der Waals surface area contributed by atoms with Crippen LogP contribution in [-0.2, 0) is 17.9 Å². The number of amides is 1. The number of hydrogen-bond acceptors (Lipinski definition) is 2. The van der Waals surface area contributed by atoms with Crippen molar-refractivity contribution in [3.63, 3.8) is 0 Å². The Bertz CT molecular complexity index is 698. The number of nitrogens with one attached hydrogen (secondary N) is 2. The van der Waals surface area contributed by atoms with Gasteiger partial charge in [0.15, 0.2) is 5.96 Å². The number of likely N-dealkylation sites (tertiary alicyclic amines) is 1. The second kappa shape index (κ2) is 12.5. The van der Waals surface area contributed by atoms with Gasteiger partial charge < -0.3 is 15.5 Å². The van der Waals surface area contributed by atoms with Crippen LogP contribution in [0.3, 0.4) is 0 Å². The zero-order chi connectivity index (χ0) is 20.6. The molecule has 1 aliphatic carbocycles. The second-order valence-corrected chi connectivity index (χ2v) is 8.88. The van der Waals surface area contributed by atoms with Gasteiger partial charge in [0.1, 0.15) is 0 Å². The Balaban J connectivity index is 0.00000320. The minimum absolute atomic E-state index is 0. The fourth-order valence-corrected chi connectivity index (χ4v) is 4.55. The Hall–Kier alpha value is -1.31. The number of carbonyl (C=O) groups is 1. The maximum Gasteiger partial charge on any atom is 0.222 e. The molecule has 1 amide bonds. The molecule has 2 N–H and O–H groups in total. The van der Waals surface area contributed by atoms with Gasteiger partial charge in [0.05, 0.1) is 6.54 Å². The summed E-state index contributed by atoms with van der Waals surface area (Å²) in [6.45, 7) is 9.87. The molecular weight excluding hydrogens is 487 g/mol. The van der Waals surface area contributed by atoms with E-state index in [1.807, 2.05) is 4.90 Å². The van der Waals surface area contributed by atoms with Gasteiger partial charge in [0.2, 0.25) is 5.91 Å². The molecule has 0 unspecified atom stereocenters. The van der Waals surface area contributed by atoms with E-state index in [-0.39, 0.29) is 29.9 Å². The Morgan fingerprint density at radius 2 is 1.87 bits per heavy atom. The van der Waals surface area contributed by atoms with Crippen molar-refractivity contribution in [3.8, 4) is 0 Å². The number of halogens is 1. The van der Waals surface area contributed by atoms with E-state index in [0.29, 0.717) is 25.6 Å². The molecule has 168 valence electrons. The van der Waals surface area contributed by atoms with Crippen LogP contribution in [0, 0.1) is 11.8 Å². The lowest BCUT2D eigenvalue weighted by Gasteiger charge is -2.32. The standard InChI is InChI=1S/C24H38N4O.HI/c1-4-25-24(27-22-13-11-19(12-14-22)18(2)3)26-16-20-8-5-6-9-21(20)17-28-15-7-10-23(28)29;/h5-6,8-9,18-19,22H,4,7,10-17H2,1-3H3,(H2,25,26,27);1H. The van der Waals surface area contributed by atoms with Crippen LogP contribution in [-0.4, -0.2) is 35.9 Å². The molecule has 0 radical (unpaired) electrons. The molecule has 1 aromatic carbocycles. The number of hydrogen-bond donors (Lipinski definition) is 2. The molecule has 1 aliphatic heterocycles. The maximum absolute atomic E-state index is 12.0. The zero-order valence-corrected chi connectivity index (χ0v) is 21.2. The van der Waals surface area contributed by atoms with Crippen molar-refractivity contribution in [1.29, 1.82) is 0 Å². The van der Waals surface area contributed by atoms with E-state index in [1.165, 1.54) is 36.8 Å². The highest BCUT2D eigenvalue weighted by atomic mass is 127. The Morgan fingerprint density at radius 3 is 2.47 bits per heavy atom. The highest BCUT2D eigenvalue weighted by molar-refractivity contribution is 14.0. The minimum atomic E-state index is 0. The maximum atomic E-state index is 12.0. The lowest BCUT2D eigenvalue weighted by atomic mass is 9.80. The summed E-state index contributed by atoms with van der Waals surface area (Å²) in [7, 11) is 0. The Morgan fingerprint density at radius 1 is 1.17 bits per heavy atom. The third kappa shape index (κ3) is 7.13. The van der Waals surface area contributed by atoms with Crippen LogP contribution in [0.5, 0.6) is 0 Å². The molecule has 5 nitrogen and oxygen atoms in total. The van der Waals surface area contributed by atoms with Gasteiger partial charge in [-0.3, -0.25) is 4.79 Å². The number of carbonyl (C=O) groups excluding carboxylic acids is 1. The average molecular weight is 527 g/mol. The summed E-state index contributed by atoms with van der Waals surface area (Å²) in [6.07, 6.45) is 6.73. The zero-order valence-electron chi connectivity index (χ0n) is 18.8. The van der Waals surface area contributed by atoms with Crippen molar-refractivity contribution in [3.05, 3.63) is 35.4 Å². The van der Waals surface area contributed by atoms with Gasteiger partial charge in [-0.1, -0.05) is 38.1 Å². The van der Waals surface area contributed by atoms with Crippen molar-refractivity contribution in [2.45, 2.75) is 78.4 Å².